The summed E-state index contributed by atoms with van der Waals surface area (Å²) in [5.41, 5.74) is -0.903. The Bertz CT molecular complexity index is 286. The van der Waals surface area contributed by atoms with Gasteiger partial charge in [0.05, 0.1) is 5.60 Å². The van der Waals surface area contributed by atoms with Gasteiger partial charge in [0.1, 0.15) is 5.60 Å². The molecule has 0 bridgehead atoms. The third kappa shape index (κ3) is 9.25. The van der Waals surface area contributed by atoms with Gasteiger partial charge >= 0.3 is 13.8 Å². The standard InChI is InChI=1S/C12H24O4P/c1-9(15-11(2,3)4)17(14)8-10(13)16-12(5,6)7/h9H,8H2,1-7H3/q+1. The van der Waals surface area contributed by atoms with Crippen molar-refractivity contribution in [1.29, 1.82) is 0 Å². The molecule has 0 saturated heterocycles. The van der Waals surface area contributed by atoms with E-state index in [0.717, 1.165) is 0 Å². The molecule has 0 aromatic rings. The summed E-state index contributed by atoms with van der Waals surface area (Å²) < 4.78 is 22.5. The van der Waals surface area contributed by atoms with E-state index in [1.807, 2.05) is 20.8 Å². The Morgan fingerprint density at radius 1 is 1.12 bits per heavy atom. The van der Waals surface area contributed by atoms with Gasteiger partial charge in [-0.1, -0.05) is 4.57 Å². The third-order valence-electron chi connectivity index (χ3n) is 1.63. The van der Waals surface area contributed by atoms with Gasteiger partial charge in [0.15, 0.2) is 0 Å². The zero-order chi connectivity index (χ0) is 13.9. The summed E-state index contributed by atoms with van der Waals surface area (Å²) in [7, 11) is -1.75. The number of carbonyl (C=O) groups excluding carboxylic acids is 1. The zero-order valence-electron chi connectivity index (χ0n) is 11.9. The maximum atomic E-state index is 11.8. The van der Waals surface area contributed by atoms with Crippen molar-refractivity contribution in [2.75, 3.05) is 6.16 Å². The molecule has 0 aromatic heterocycles. The van der Waals surface area contributed by atoms with Crippen molar-refractivity contribution in [1.82, 2.24) is 0 Å². The highest BCUT2D eigenvalue weighted by Crippen LogP contribution is 2.32. The van der Waals surface area contributed by atoms with E-state index in [2.05, 4.69) is 0 Å². The molecule has 5 heteroatoms. The SMILES string of the molecule is CC(OC(C)(C)C)[P+](=O)CC(=O)OC(C)(C)C. The molecule has 0 aliphatic carbocycles. The van der Waals surface area contributed by atoms with Gasteiger partial charge in [0.25, 0.3) is 5.85 Å². The molecule has 0 N–H and O–H groups in total. The van der Waals surface area contributed by atoms with Crippen LogP contribution < -0.4 is 0 Å². The molecule has 2 unspecified atom stereocenters. The highest BCUT2D eigenvalue weighted by molar-refractivity contribution is 7.46. The lowest BCUT2D eigenvalue weighted by molar-refractivity contribution is -0.151. The van der Waals surface area contributed by atoms with Crippen LogP contribution in [0.2, 0.25) is 0 Å². The minimum Gasteiger partial charge on any atom is -0.457 e. The Morgan fingerprint density at radius 3 is 1.94 bits per heavy atom. The van der Waals surface area contributed by atoms with E-state index in [-0.39, 0.29) is 11.8 Å². The average Bonchev–Trinajstić information content (AvgIpc) is 1.95. The Morgan fingerprint density at radius 2 is 1.59 bits per heavy atom. The van der Waals surface area contributed by atoms with Crippen molar-refractivity contribution < 1.29 is 18.8 Å². The molecule has 0 rings (SSSR count). The summed E-state index contributed by atoms with van der Waals surface area (Å²) in [5, 5.41) is 0. The molecule has 0 aromatic carbocycles. The molecular formula is C12H24O4P+. The van der Waals surface area contributed by atoms with Gasteiger partial charge in [-0.3, -0.25) is 0 Å². The van der Waals surface area contributed by atoms with Gasteiger partial charge in [-0.05, 0) is 41.5 Å². The quantitative estimate of drug-likeness (QED) is 0.576. The van der Waals surface area contributed by atoms with Crippen LogP contribution in [0.3, 0.4) is 0 Å². The fourth-order valence-electron chi connectivity index (χ4n) is 1.20. The van der Waals surface area contributed by atoms with Crippen LogP contribution >= 0.6 is 7.80 Å². The molecule has 0 amide bonds. The Labute approximate surface area is 105 Å². The third-order valence-corrected chi connectivity index (χ3v) is 3.12. The van der Waals surface area contributed by atoms with E-state index in [1.165, 1.54) is 0 Å². The first-order valence-corrected chi connectivity index (χ1v) is 7.25. The summed E-state index contributed by atoms with van der Waals surface area (Å²) in [5.74, 6) is -0.888. The van der Waals surface area contributed by atoms with Crippen LogP contribution in [0.15, 0.2) is 0 Å². The van der Waals surface area contributed by atoms with E-state index in [9.17, 15) is 9.36 Å². The van der Waals surface area contributed by atoms with Crippen LogP contribution in [-0.4, -0.2) is 29.2 Å². The minimum absolute atomic E-state index is 0.0934. The molecule has 17 heavy (non-hydrogen) atoms. The first-order chi connectivity index (χ1) is 7.41. The van der Waals surface area contributed by atoms with Crippen LogP contribution in [0.25, 0.3) is 0 Å². The highest BCUT2D eigenvalue weighted by atomic mass is 31.1. The molecule has 0 aliphatic rings. The lowest BCUT2D eigenvalue weighted by atomic mass is 10.2. The number of carbonyl (C=O) groups is 1. The van der Waals surface area contributed by atoms with Crippen LogP contribution in [0.4, 0.5) is 0 Å². The molecule has 2 atom stereocenters. The second-order valence-corrected chi connectivity index (χ2v) is 7.87. The van der Waals surface area contributed by atoms with E-state index in [1.54, 1.807) is 27.7 Å². The van der Waals surface area contributed by atoms with E-state index < -0.39 is 25.2 Å². The first kappa shape index (κ1) is 16.5. The van der Waals surface area contributed by atoms with Gasteiger partial charge in [-0.25, -0.2) is 4.79 Å². The van der Waals surface area contributed by atoms with Crippen molar-refractivity contribution in [2.24, 2.45) is 0 Å². The maximum absolute atomic E-state index is 11.8. The van der Waals surface area contributed by atoms with E-state index in [4.69, 9.17) is 9.47 Å². The van der Waals surface area contributed by atoms with Gasteiger partial charge in [-0.2, -0.15) is 0 Å². The molecule has 0 fully saturated rings. The summed E-state index contributed by atoms with van der Waals surface area (Å²) in [6, 6.07) is 0. The fraction of sp³-hybridized carbons (Fsp3) is 0.917. The molecule has 0 heterocycles. The molecular weight excluding hydrogens is 239 g/mol. The first-order valence-electron chi connectivity index (χ1n) is 5.74. The Hall–Kier alpha value is -0.470. The number of ether oxygens (including phenoxy) is 2. The van der Waals surface area contributed by atoms with Gasteiger partial charge < -0.3 is 9.47 Å². The van der Waals surface area contributed by atoms with Gasteiger partial charge in [0, 0.05) is 6.92 Å². The van der Waals surface area contributed by atoms with Gasteiger partial charge in [-0.15, -0.1) is 0 Å². The normalized spacial score (nSPS) is 15.4. The van der Waals surface area contributed by atoms with Gasteiger partial charge in [0.2, 0.25) is 6.16 Å². The second kappa shape index (κ2) is 5.92. The van der Waals surface area contributed by atoms with Crippen molar-refractivity contribution in [3.63, 3.8) is 0 Å². The van der Waals surface area contributed by atoms with Crippen molar-refractivity contribution in [2.45, 2.75) is 65.5 Å². The maximum Gasteiger partial charge on any atom is 0.381 e. The largest absolute Gasteiger partial charge is 0.457 e. The summed E-state index contributed by atoms with van der Waals surface area (Å²) in [6.07, 6.45) is -0.0934. The molecule has 0 saturated carbocycles. The second-order valence-electron chi connectivity index (χ2n) is 5.99. The van der Waals surface area contributed by atoms with E-state index >= 15 is 0 Å². The molecule has 100 valence electrons. The van der Waals surface area contributed by atoms with Crippen molar-refractivity contribution in [3.05, 3.63) is 0 Å². The number of rotatable bonds is 4. The Kier molecular flexibility index (Phi) is 5.76. The monoisotopic (exact) mass is 263 g/mol. The average molecular weight is 263 g/mol. The smallest absolute Gasteiger partial charge is 0.381 e. The van der Waals surface area contributed by atoms with E-state index in [0.29, 0.717) is 0 Å². The van der Waals surface area contributed by atoms with Crippen LogP contribution in [0.1, 0.15) is 48.5 Å². The van der Waals surface area contributed by atoms with Crippen molar-refractivity contribution >= 4 is 13.8 Å². The summed E-state index contributed by atoms with van der Waals surface area (Å²) >= 11 is 0. The Balaban J connectivity index is 4.22. The number of esters is 1. The van der Waals surface area contributed by atoms with Crippen LogP contribution in [-0.2, 0) is 18.8 Å². The minimum atomic E-state index is -1.75. The van der Waals surface area contributed by atoms with Crippen LogP contribution in [0, 0.1) is 0 Å². The number of hydrogen-bond donors (Lipinski definition) is 0. The predicted molar refractivity (Wildman–Crippen MR) is 68.6 cm³/mol. The molecule has 0 radical (unpaired) electrons. The lowest BCUT2D eigenvalue weighted by Gasteiger charge is -2.20. The summed E-state index contributed by atoms with van der Waals surface area (Å²) in [6.45, 7) is 12.7. The molecule has 0 spiro atoms. The number of hydrogen-bond acceptors (Lipinski definition) is 4. The topological polar surface area (TPSA) is 52.6 Å². The fourth-order valence-corrected chi connectivity index (χ4v) is 2.21. The van der Waals surface area contributed by atoms with Crippen molar-refractivity contribution in [3.8, 4) is 0 Å². The summed E-state index contributed by atoms with van der Waals surface area (Å²) in [4.78, 5) is 11.5. The highest BCUT2D eigenvalue weighted by Gasteiger charge is 2.34. The zero-order valence-corrected chi connectivity index (χ0v) is 12.8. The lowest BCUT2D eigenvalue weighted by Crippen LogP contribution is -2.27. The predicted octanol–water partition coefficient (Wildman–Crippen LogP) is 3.32. The molecule has 4 nitrogen and oxygen atoms in total. The van der Waals surface area contributed by atoms with Crippen LogP contribution in [0.5, 0.6) is 0 Å². The molecule has 0 aliphatic heterocycles.